The summed E-state index contributed by atoms with van der Waals surface area (Å²) in [5.74, 6) is 0.699. The van der Waals surface area contributed by atoms with Crippen LogP contribution in [0.5, 0.6) is 5.75 Å². The van der Waals surface area contributed by atoms with E-state index in [1.807, 2.05) is 61.2 Å². The maximum atomic E-state index is 13.0. The van der Waals surface area contributed by atoms with Crippen molar-refractivity contribution in [2.45, 2.75) is 46.5 Å². The van der Waals surface area contributed by atoms with Gasteiger partial charge in [-0.3, -0.25) is 9.59 Å². The maximum Gasteiger partial charge on any atom is 0.260 e. The summed E-state index contributed by atoms with van der Waals surface area (Å²) >= 11 is 0. The van der Waals surface area contributed by atoms with Crippen LogP contribution in [0.3, 0.4) is 0 Å². The standard InChI is InChI=1S/C26H34N2O3/c1-19-7-12-23(17-20(19)2)31-18-24(29)27-13-6-14-28(16-15-27)25(30)21-8-10-22(11-9-21)26(3,4)5/h7-12,17H,6,13-16,18H2,1-5H3. The van der Waals surface area contributed by atoms with E-state index in [9.17, 15) is 9.59 Å². The second-order valence-corrected chi connectivity index (χ2v) is 9.39. The number of carbonyl (C=O) groups excluding carboxylic acids is 2. The molecule has 0 bridgehead atoms. The number of benzene rings is 2. The number of hydrogen-bond acceptors (Lipinski definition) is 3. The summed E-state index contributed by atoms with van der Waals surface area (Å²) < 4.78 is 5.71. The highest BCUT2D eigenvalue weighted by molar-refractivity contribution is 5.94. The Labute approximate surface area is 186 Å². The van der Waals surface area contributed by atoms with Gasteiger partial charge < -0.3 is 14.5 Å². The molecule has 0 aliphatic carbocycles. The van der Waals surface area contributed by atoms with Gasteiger partial charge in [-0.25, -0.2) is 0 Å². The summed E-state index contributed by atoms with van der Waals surface area (Å²) in [7, 11) is 0. The fraction of sp³-hybridized carbons (Fsp3) is 0.462. The first-order valence-electron chi connectivity index (χ1n) is 11.0. The minimum atomic E-state index is -0.0398. The lowest BCUT2D eigenvalue weighted by Crippen LogP contribution is -2.39. The molecule has 0 unspecified atom stereocenters. The maximum absolute atomic E-state index is 13.0. The first kappa shape index (κ1) is 22.9. The predicted molar refractivity (Wildman–Crippen MR) is 124 cm³/mol. The van der Waals surface area contributed by atoms with Crippen LogP contribution in [0.25, 0.3) is 0 Å². The smallest absolute Gasteiger partial charge is 0.260 e. The second kappa shape index (κ2) is 9.54. The van der Waals surface area contributed by atoms with Crippen molar-refractivity contribution in [1.82, 2.24) is 9.80 Å². The van der Waals surface area contributed by atoms with Gasteiger partial charge in [0, 0.05) is 31.7 Å². The molecule has 0 saturated carbocycles. The number of ether oxygens (including phenoxy) is 1. The van der Waals surface area contributed by atoms with Gasteiger partial charge in [0.1, 0.15) is 5.75 Å². The van der Waals surface area contributed by atoms with Crippen LogP contribution in [0.15, 0.2) is 42.5 Å². The molecular formula is C26H34N2O3. The first-order valence-corrected chi connectivity index (χ1v) is 11.0. The molecule has 31 heavy (non-hydrogen) atoms. The van der Waals surface area contributed by atoms with Crippen molar-refractivity contribution in [3.8, 4) is 5.75 Å². The Morgan fingerprint density at radius 2 is 1.52 bits per heavy atom. The highest BCUT2D eigenvalue weighted by Crippen LogP contribution is 2.23. The molecule has 1 heterocycles. The zero-order chi connectivity index (χ0) is 22.6. The zero-order valence-electron chi connectivity index (χ0n) is 19.4. The molecule has 0 N–H and O–H groups in total. The number of nitrogens with zero attached hydrogens (tertiary/aromatic N) is 2. The third kappa shape index (κ3) is 5.87. The van der Waals surface area contributed by atoms with Crippen LogP contribution in [0, 0.1) is 13.8 Å². The highest BCUT2D eigenvalue weighted by atomic mass is 16.5. The van der Waals surface area contributed by atoms with Crippen molar-refractivity contribution in [1.29, 1.82) is 0 Å². The molecule has 3 rings (SSSR count). The molecule has 1 aliphatic rings. The minimum Gasteiger partial charge on any atom is -0.484 e. The zero-order valence-corrected chi connectivity index (χ0v) is 19.4. The van der Waals surface area contributed by atoms with Gasteiger partial charge in [0.15, 0.2) is 6.61 Å². The van der Waals surface area contributed by atoms with E-state index in [1.165, 1.54) is 11.1 Å². The number of carbonyl (C=O) groups is 2. The third-order valence-corrected chi connectivity index (χ3v) is 5.97. The van der Waals surface area contributed by atoms with Gasteiger partial charge in [-0.15, -0.1) is 0 Å². The van der Waals surface area contributed by atoms with Crippen molar-refractivity contribution >= 4 is 11.8 Å². The van der Waals surface area contributed by atoms with Crippen LogP contribution in [0.2, 0.25) is 0 Å². The molecule has 5 nitrogen and oxygen atoms in total. The van der Waals surface area contributed by atoms with Gasteiger partial charge >= 0.3 is 0 Å². The topological polar surface area (TPSA) is 49.9 Å². The number of hydrogen-bond donors (Lipinski definition) is 0. The Morgan fingerprint density at radius 1 is 0.871 bits per heavy atom. The fourth-order valence-corrected chi connectivity index (χ4v) is 3.71. The molecule has 0 atom stereocenters. The van der Waals surface area contributed by atoms with Gasteiger partial charge in [0.25, 0.3) is 11.8 Å². The molecule has 0 radical (unpaired) electrons. The Morgan fingerprint density at radius 3 is 2.16 bits per heavy atom. The molecule has 5 heteroatoms. The van der Waals surface area contributed by atoms with E-state index in [0.717, 1.165) is 12.0 Å². The number of amides is 2. The Hall–Kier alpha value is -2.82. The lowest BCUT2D eigenvalue weighted by atomic mass is 9.86. The molecular weight excluding hydrogens is 388 g/mol. The predicted octanol–water partition coefficient (Wildman–Crippen LogP) is 4.35. The highest BCUT2D eigenvalue weighted by Gasteiger charge is 2.23. The van der Waals surface area contributed by atoms with Gasteiger partial charge in [0.2, 0.25) is 0 Å². The van der Waals surface area contributed by atoms with Crippen LogP contribution in [-0.2, 0) is 10.2 Å². The number of rotatable bonds is 4. The molecule has 2 aromatic carbocycles. The van der Waals surface area contributed by atoms with Gasteiger partial charge in [-0.1, -0.05) is 39.0 Å². The molecule has 166 valence electrons. The molecule has 2 aromatic rings. The van der Waals surface area contributed by atoms with Crippen LogP contribution < -0.4 is 4.74 Å². The largest absolute Gasteiger partial charge is 0.484 e. The van der Waals surface area contributed by atoms with E-state index < -0.39 is 0 Å². The summed E-state index contributed by atoms with van der Waals surface area (Å²) in [5, 5.41) is 0. The Kier molecular flexibility index (Phi) is 7.04. The molecule has 1 saturated heterocycles. The van der Waals surface area contributed by atoms with E-state index in [2.05, 4.69) is 20.8 Å². The van der Waals surface area contributed by atoms with Crippen molar-refractivity contribution in [3.05, 3.63) is 64.7 Å². The summed E-state index contributed by atoms with van der Waals surface area (Å²) in [5.41, 5.74) is 4.31. The molecule has 2 amide bonds. The van der Waals surface area contributed by atoms with Crippen molar-refractivity contribution in [3.63, 3.8) is 0 Å². The summed E-state index contributed by atoms with van der Waals surface area (Å²) in [6.45, 7) is 12.9. The van der Waals surface area contributed by atoms with Crippen molar-refractivity contribution in [2.24, 2.45) is 0 Å². The average molecular weight is 423 g/mol. The molecule has 1 aliphatic heterocycles. The normalized spacial score (nSPS) is 14.9. The van der Waals surface area contributed by atoms with Crippen LogP contribution in [0.1, 0.15) is 54.2 Å². The fourth-order valence-electron chi connectivity index (χ4n) is 3.71. The Balaban J connectivity index is 1.55. The van der Waals surface area contributed by atoms with E-state index >= 15 is 0 Å². The van der Waals surface area contributed by atoms with E-state index in [0.29, 0.717) is 37.5 Å². The third-order valence-electron chi connectivity index (χ3n) is 5.97. The Bertz CT molecular complexity index is 929. The quantitative estimate of drug-likeness (QED) is 0.736. The lowest BCUT2D eigenvalue weighted by molar-refractivity contribution is -0.133. The first-order chi connectivity index (χ1) is 14.6. The van der Waals surface area contributed by atoms with E-state index in [4.69, 9.17) is 4.74 Å². The monoisotopic (exact) mass is 422 g/mol. The van der Waals surface area contributed by atoms with Crippen LogP contribution in [0.4, 0.5) is 0 Å². The summed E-state index contributed by atoms with van der Waals surface area (Å²) in [4.78, 5) is 29.3. The van der Waals surface area contributed by atoms with Crippen LogP contribution in [-0.4, -0.2) is 54.4 Å². The molecule has 1 fully saturated rings. The lowest BCUT2D eigenvalue weighted by Gasteiger charge is -2.23. The van der Waals surface area contributed by atoms with Crippen molar-refractivity contribution < 1.29 is 14.3 Å². The summed E-state index contributed by atoms with van der Waals surface area (Å²) in [6.07, 6.45) is 0.765. The SMILES string of the molecule is Cc1ccc(OCC(=O)N2CCCN(C(=O)c3ccc(C(C)(C)C)cc3)CC2)cc1C. The van der Waals surface area contributed by atoms with E-state index in [1.54, 1.807) is 4.90 Å². The average Bonchev–Trinajstić information content (AvgIpc) is 3.00. The molecule has 0 spiro atoms. The van der Waals surface area contributed by atoms with Gasteiger partial charge in [-0.05, 0) is 66.6 Å². The summed E-state index contributed by atoms with van der Waals surface area (Å²) in [6, 6.07) is 13.7. The second-order valence-electron chi connectivity index (χ2n) is 9.39. The van der Waals surface area contributed by atoms with Gasteiger partial charge in [-0.2, -0.15) is 0 Å². The van der Waals surface area contributed by atoms with Gasteiger partial charge in [0.05, 0.1) is 0 Å². The van der Waals surface area contributed by atoms with Crippen molar-refractivity contribution in [2.75, 3.05) is 32.8 Å². The molecule has 0 aromatic heterocycles. The van der Waals surface area contributed by atoms with E-state index in [-0.39, 0.29) is 23.8 Å². The van der Waals surface area contributed by atoms with Crippen LogP contribution >= 0.6 is 0 Å². The number of aryl methyl sites for hydroxylation is 2. The minimum absolute atomic E-state index is 0.0186.